The van der Waals surface area contributed by atoms with Gasteiger partial charge in [0.25, 0.3) is 0 Å². The van der Waals surface area contributed by atoms with E-state index in [1.54, 1.807) is 37.3 Å². The van der Waals surface area contributed by atoms with E-state index < -0.39 is 47.7 Å². The molecular weight excluding hydrogens is 641 g/mol. The predicted molar refractivity (Wildman–Crippen MR) is 158 cm³/mol. The van der Waals surface area contributed by atoms with Gasteiger partial charge in [-0.1, -0.05) is 18.2 Å². The van der Waals surface area contributed by atoms with Crippen LogP contribution in [0.15, 0.2) is 60.8 Å². The van der Waals surface area contributed by atoms with Crippen LogP contribution < -0.4 is 9.80 Å². The van der Waals surface area contributed by atoms with Crippen LogP contribution in [0.25, 0.3) is 0 Å². The number of hydrogen-bond donors (Lipinski definition) is 1. The van der Waals surface area contributed by atoms with Crippen molar-refractivity contribution < 1.29 is 49.4 Å². The number of anilines is 2. The van der Waals surface area contributed by atoms with Gasteiger partial charge in [0.1, 0.15) is 5.82 Å². The maximum absolute atomic E-state index is 13.9. The Hall–Kier alpha value is -3.97. The zero-order chi connectivity index (χ0) is 34.6. The van der Waals surface area contributed by atoms with E-state index >= 15 is 0 Å². The van der Waals surface area contributed by atoms with Gasteiger partial charge in [-0.15, -0.1) is 0 Å². The number of carboxylic acids is 1. The van der Waals surface area contributed by atoms with Crippen LogP contribution in [0, 0.1) is 11.8 Å². The van der Waals surface area contributed by atoms with Crippen molar-refractivity contribution in [2.75, 3.05) is 22.9 Å². The molecule has 1 N–H and O–H groups in total. The third-order valence-corrected chi connectivity index (χ3v) is 8.36. The minimum atomic E-state index is -5.07. The van der Waals surface area contributed by atoms with Crippen molar-refractivity contribution in [3.8, 4) is 0 Å². The minimum absolute atomic E-state index is 0.0272. The first kappa shape index (κ1) is 35.9. The smallest absolute Gasteiger partial charge is 0.417 e. The molecule has 47 heavy (non-hydrogen) atoms. The third-order valence-electron chi connectivity index (χ3n) is 8.36. The number of benzene rings is 2. The summed E-state index contributed by atoms with van der Waals surface area (Å²) in [6.45, 7) is 1.79. The van der Waals surface area contributed by atoms with Gasteiger partial charge in [-0.05, 0) is 86.4 Å². The van der Waals surface area contributed by atoms with E-state index in [-0.39, 0.29) is 47.8 Å². The molecule has 0 spiro atoms. The zero-order valence-corrected chi connectivity index (χ0v) is 25.4. The molecule has 1 aliphatic carbocycles. The first-order chi connectivity index (χ1) is 21.9. The molecule has 14 heteroatoms. The summed E-state index contributed by atoms with van der Waals surface area (Å²) in [5.74, 6) is -0.487. The number of aromatic nitrogens is 1. The van der Waals surface area contributed by atoms with Gasteiger partial charge in [-0.3, -0.25) is 4.79 Å². The number of alkyl halides is 9. The second-order valence-electron chi connectivity index (χ2n) is 11.8. The molecule has 4 rings (SSSR count). The summed E-state index contributed by atoms with van der Waals surface area (Å²) in [7, 11) is 0. The van der Waals surface area contributed by atoms with Crippen LogP contribution in [0.2, 0.25) is 0 Å². The maximum atomic E-state index is 13.9. The number of aliphatic carboxylic acids is 1. The molecule has 0 aliphatic heterocycles. The SMILES string of the molecule is CCN(CC1CCC(CC(=O)O)CC1)c1ncc(C(F)(F)F)cc1CN(Cc1cc(C(F)(F)F)cc(C(F)(F)F)c1)c1ccccc1. The lowest BCUT2D eigenvalue weighted by atomic mass is 9.80. The van der Waals surface area contributed by atoms with E-state index in [1.807, 2.05) is 4.90 Å². The molecule has 1 aromatic heterocycles. The van der Waals surface area contributed by atoms with Crippen molar-refractivity contribution >= 4 is 17.5 Å². The van der Waals surface area contributed by atoms with Gasteiger partial charge in [0, 0.05) is 50.0 Å². The van der Waals surface area contributed by atoms with Crippen molar-refractivity contribution in [2.45, 2.75) is 70.6 Å². The summed E-state index contributed by atoms with van der Waals surface area (Å²) >= 11 is 0. The molecular formula is C33H34F9N3O2. The molecule has 1 saturated carbocycles. The molecule has 0 saturated heterocycles. The highest BCUT2D eigenvalue weighted by atomic mass is 19.4. The van der Waals surface area contributed by atoms with Gasteiger partial charge in [0.15, 0.2) is 0 Å². The van der Waals surface area contributed by atoms with Gasteiger partial charge < -0.3 is 14.9 Å². The quantitative estimate of drug-likeness (QED) is 0.205. The van der Waals surface area contributed by atoms with Gasteiger partial charge in [0.2, 0.25) is 0 Å². The molecule has 3 aromatic rings. The summed E-state index contributed by atoms with van der Waals surface area (Å²) in [5.41, 5.74) is -3.91. The Labute approximate surface area is 266 Å². The lowest BCUT2D eigenvalue weighted by Gasteiger charge is -2.34. The number of carbonyl (C=O) groups is 1. The average molecular weight is 676 g/mol. The highest BCUT2D eigenvalue weighted by molar-refractivity contribution is 5.67. The van der Waals surface area contributed by atoms with Crippen LogP contribution in [0.5, 0.6) is 0 Å². The van der Waals surface area contributed by atoms with E-state index in [0.717, 1.165) is 18.9 Å². The topological polar surface area (TPSA) is 56.7 Å². The summed E-state index contributed by atoms with van der Waals surface area (Å²) < 4.78 is 123. The van der Waals surface area contributed by atoms with Crippen LogP contribution in [-0.4, -0.2) is 29.1 Å². The Bertz CT molecular complexity index is 1470. The number of pyridine rings is 1. The monoisotopic (exact) mass is 675 g/mol. The van der Waals surface area contributed by atoms with Gasteiger partial charge in [-0.25, -0.2) is 4.98 Å². The van der Waals surface area contributed by atoms with E-state index in [4.69, 9.17) is 5.11 Å². The normalized spacial score (nSPS) is 17.4. The average Bonchev–Trinajstić information content (AvgIpc) is 2.99. The maximum Gasteiger partial charge on any atom is 0.417 e. The Balaban J connectivity index is 1.72. The molecule has 0 unspecified atom stereocenters. The summed E-state index contributed by atoms with van der Waals surface area (Å²) in [6, 6.07) is 10.1. The number of nitrogens with zero attached hydrogens (tertiary/aromatic N) is 3. The van der Waals surface area contributed by atoms with Crippen LogP contribution >= 0.6 is 0 Å². The number of halogens is 9. The Morgan fingerprint density at radius 3 is 1.83 bits per heavy atom. The lowest BCUT2D eigenvalue weighted by Crippen LogP contribution is -2.34. The van der Waals surface area contributed by atoms with Crippen molar-refractivity contribution in [1.82, 2.24) is 4.98 Å². The molecule has 0 bridgehead atoms. The lowest BCUT2D eigenvalue weighted by molar-refractivity contribution is -0.143. The zero-order valence-electron chi connectivity index (χ0n) is 25.4. The highest BCUT2D eigenvalue weighted by Gasteiger charge is 2.37. The Morgan fingerprint density at radius 2 is 1.32 bits per heavy atom. The Kier molecular flexibility index (Phi) is 11.0. The van der Waals surface area contributed by atoms with Crippen LogP contribution in [0.1, 0.15) is 66.8 Å². The van der Waals surface area contributed by atoms with Crippen molar-refractivity contribution in [3.63, 3.8) is 0 Å². The van der Waals surface area contributed by atoms with Crippen LogP contribution in [0.3, 0.4) is 0 Å². The molecule has 1 heterocycles. The third kappa shape index (κ3) is 9.77. The van der Waals surface area contributed by atoms with Crippen molar-refractivity contribution in [1.29, 1.82) is 0 Å². The van der Waals surface area contributed by atoms with E-state index in [2.05, 4.69) is 4.98 Å². The number of carboxylic acid groups (broad SMARTS) is 1. The molecule has 0 atom stereocenters. The van der Waals surface area contributed by atoms with Gasteiger partial charge in [0.05, 0.1) is 16.7 Å². The summed E-state index contributed by atoms with van der Waals surface area (Å²) in [4.78, 5) is 18.5. The van der Waals surface area contributed by atoms with E-state index in [9.17, 15) is 44.3 Å². The van der Waals surface area contributed by atoms with E-state index in [0.29, 0.717) is 49.9 Å². The number of rotatable bonds is 11. The van der Waals surface area contributed by atoms with Crippen LogP contribution in [-0.2, 0) is 36.4 Å². The van der Waals surface area contributed by atoms with Crippen molar-refractivity contribution in [2.24, 2.45) is 11.8 Å². The molecule has 2 aromatic carbocycles. The largest absolute Gasteiger partial charge is 0.481 e. The minimum Gasteiger partial charge on any atom is -0.481 e. The fourth-order valence-electron chi connectivity index (χ4n) is 6.02. The fraction of sp³-hybridized carbons (Fsp3) is 0.455. The molecule has 256 valence electrons. The first-order valence-corrected chi connectivity index (χ1v) is 15.0. The Morgan fingerprint density at radius 1 is 0.766 bits per heavy atom. The molecule has 1 aliphatic rings. The summed E-state index contributed by atoms with van der Waals surface area (Å²) in [6.07, 6.45) is -11.3. The second kappa shape index (κ2) is 14.4. The van der Waals surface area contributed by atoms with E-state index in [1.165, 1.54) is 4.90 Å². The number of hydrogen-bond acceptors (Lipinski definition) is 4. The number of para-hydroxylation sites is 1. The highest BCUT2D eigenvalue weighted by Crippen LogP contribution is 2.38. The second-order valence-corrected chi connectivity index (χ2v) is 11.8. The molecule has 0 amide bonds. The standard InChI is InChI=1S/C33H34F9N3O2/c1-2-44(18-22-10-8-21(9-11-22)14-29(46)47)30-24(15-27(17-43-30)33(40,41)42)20-45(28-6-4-3-5-7-28)19-23-12-25(31(34,35)36)16-26(13-23)32(37,38)39/h3-7,12-13,15-17,21-22H,2,8-11,14,18-20H2,1H3,(H,46,47). The predicted octanol–water partition coefficient (Wildman–Crippen LogP) is 9.45. The molecule has 0 radical (unpaired) electrons. The summed E-state index contributed by atoms with van der Waals surface area (Å²) in [5, 5.41) is 9.12. The molecule has 1 fully saturated rings. The van der Waals surface area contributed by atoms with Gasteiger partial charge >= 0.3 is 24.5 Å². The van der Waals surface area contributed by atoms with Crippen LogP contribution in [0.4, 0.5) is 51.0 Å². The van der Waals surface area contributed by atoms with Crippen molar-refractivity contribution in [3.05, 3.63) is 88.6 Å². The first-order valence-electron chi connectivity index (χ1n) is 15.0. The fourth-order valence-corrected chi connectivity index (χ4v) is 6.02. The molecule has 5 nitrogen and oxygen atoms in total. The van der Waals surface area contributed by atoms with Gasteiger partial charge in [-0.2, -0.15) is 39.5 Å².